The van der Waals surface area contributed by atoms with Crippen molar-refractivity contribution in [1.82, 2.24) is 30.3 Å². The molecule has 1 atom stereocenters. The Hall–Kier alpha value is -2.18. The molecule has 0 aliphatic carbocycles. The lowest BCUT2D eigenvalue weighted by Crippen LogP contribution is -2.30. The van der Waals surface area contributed by atoms with Gasteiger partial charge in [0.05, 0.1) is 17.8 Å². The van der Waals surface area contributed by atoms with E-state index in [9.17, 15) is 4.79 Å². The number of hydrogen-bond acceptors (Lipinski definition) is 4. The minimum Gasteiger partial charge on any atom is -0.342 e. The summed E-state index contributed by atoms with van der Waals surface area (Å²) in [5, 5.41) is 13.4. The van der Waals surface area contributed by atoms with Gasteiger partial charge in [-0.3, -0.25) is 9.89 Å². The van der Waals surface area contributed by atoms with E-state index >= 15 is 0 Å². The Balaban J connectivity index is 2.13. The Morgan fingerprint density at radius 2 is 2.39 bits per heavy atom. The van der Waals surface area contributed by atoms with Crippen molar-refractivity contribution in [2.24, 2.45) is 0 Å². The first-order chi connectivity index (χ1) is 8.76. The summed E-state index contributed by atoms with van der Waals surface area (Å²) >= 11 is 0. The van der Waals surface area contributed by atoms with Crippen LogP contribution in [0.1, 0.15) is 42.5 Å². The molecule has 96 valence electrons. The second kappa shape index (κ2) is 5.44. The molecule has 0 radical (unpaired) electrons. The van der Waals surface area contributed by atoms with Gasteiger partial charge in [0.1, 0.15) is 12.2 Å². The van der Waals surface area contributed by atoms with Crippen LogP contribution in [0, 0.1) is 0 Å². The maximum atomic E-state index is 11.9. The van der Waals surface area contributed by atoms with Crippen LogP contribution in [0.4, 0.5) is 0 Å². The van der Waals surface area contributed by atoms with Crippen LogP contribution in [0.3, 0.4) is 0 Å². The van der Waals surface area contributed by atoms with Crippen LogP contribution in [-0.4, -0.2) is 30.9 Å². The van der Waals surface area contributed by atoms with Crippen molar-refractivity contribution in [3.8, 4) is 0 Å². The molecular formula is C11H16N6O. The largest absolute Gasteiger partial charge is 0.342 e. The zero-order valence-electron chi connectivity index (χ0n) is 10.4. The second-order valence-corrected chi connectivity index (χ2v) is 3.86. The van der Waals surface area contributed by atoms with Crippen LogP contribution in [0.25, 0.3) is 0 Å². The molecule has 18 heavy (non-hydrogen) atoms. The summed E-state index contributed by atoms with van der Waals surface area (Å²) in [6.45, 7) is 4.71. The average Bonchev–Trinajstić information content (AvgIpc) is 3.05. The zero-order valence-corrected chi connectivity index (χ0v) is 10.4. The van der Waals surface area contributed by atoms with Gasteiger partial charge in [-0.15, -0.1) is 0 Å². The van der Waals surface area contributed by atoms with Crippen molar-refractivity contribution < 1.29 is 4.79 Å². The average molecular weight is 248 g/mol. The van der Waals surface area contributed by atoms with E-state index in [-0.39, 0.29) is 11.9 Å². The van der Waals surface area contributed by atoms with Gasteiger partial charge in [-0.1, -0.05) is 6.92 Å². The summed E-state index contributed by atoms with van der Waals surface area (Å²) in [6.07, 6.45) is 5.31. The predicted molar refractivity (Wildman–Crippen MR) is 64.8 cm³/mol. The molecule has 2 rings (SSSR count). The van der Waals surface area contributed by atoms with Gasteiger partial charge in [0, 0.05) is 12.7 Å². The summed E-state index contributed by atoms with van der Waals surface area (Å²) in [6, 6.07) is -0.144. The fourth-order valence-electron chi connectivity index (χ4n) is 1.75. The third kappa shape index (κ3) is 2.39. The molecule has 0 aliphatic heterocycles. The summed E-state index contributed by atoms with van der Waals surface area (Å²) in [7, 11) is 0. The number of nitrogens with zero attached hydrogens (tertiary/aromatic N) is 4. The Kier molecular flexibility index (Phi) is 3.71. The van der Waals surface area contributed by atoms with Gasteiger partial charge < -0.3 is 5.32 Å². The lowest BCUT2D eigenvalue weighted by molar-refractivity contribution is 0.0933. The van der Waals surface area contributed by atoms with Crippen LogP contribution < -0.4 is 5.32 Å². The van der Waals surface area contributed by atoms with Crippen molar-refractivity contribution in [1.29, 1.82) is 0 Å². The molecule has 2 aromatic rings. The first-order valence-electron chi connectivity index (χ1n) is 5.93. The van der Waals surface area contributed by atoms with Crippen molar-refractivity contribution in [2.45, 2.75) is 32.9 Å². The van der Waals surface area contributed by atoms with E-state index < -0.39 is 0 Å². The minimum atomic E-state index is -0.166. The Bertz CT molecular complexity index is 503. The zero-order chi connectivity index (χ0) is 13.0. The molecule has 0 aliphatic rings. The van der Waals surface area contributed by atoms with E-state index in [0.29, 0.717) is 5.56 Å². The summed E-state index contributed by atoms with van der Waals surface area (Å²) in [4.78, 5) is 16.1. The highest BCUT2D eigenvalue weighted by molar-refractivity contribution is 5.93. The van der Waals surface area contributed by atoms with E-state index in [1.165, 1.54) is 12.5 Å². The number of hydrogen-bond donors (Lipinski definition) is 2. The SMILES string of the molecule is CCC(NC(=O)c1cn[nH]c1)c1ncnn1CC. The van der Waals surface area contributed by atoms with Crippen molar-refractivity contribution in [3.05, 3.63) is 30.1 Å². The number of amides is 1. The van der Waals surface area contributed by atoms with E-state index in [1.54, 1.807) is 10.9 Å². The number of nitrogens with one attached hydrogen (secondary N) is 2. The second-order valence-electron chi connectivity index (χ2n) is 3.86. The molecule has 0 spiro atoms. The molecule has 2 heterocycles. The maximum absolute atomic E-state index is 11.9. The molecule has 2 aromatic heterocycles. The van der Waals surface area contributed by atoms with Crippen molar-refractivity contribution in [3.63, 3.8) is 0 Å². The van der Waals surface area contributed by atoms with Crippen LogP contribution >= 0.6 is 0 Å². The Morgan fingerprint density at radius 3 is 3.00 bits per heavy atom. The quantitative estimate of drug-likeness (QED) is 0.822. The molecule has 1 unspecified atom stereocenters. The summed E-state index contributed by atoms with van der Waals surface area (Å²) in [5.74, 6) is 0.609. The van der Waals surface area contributed by atoms with Gasteiger partial charge in [-0.2, -0.15) is 10.2 Å². The molecule has 7 nitrogen and oxygen atoms in total. The number of aromatic nitrogens is 5. The molecule has 7 heteroatoms. The Labute approximate surface area is 105 Å². The topological polar surface area (TPSA) is 88.5 Å². The van der Waals surface area contributed by atoms with Crippen LogP contribution in [0.5, 0.6) is 0 Å². The van der Waals surface area contributed by atoms with Gasteiger partial charge >= 0.3 is 0 Å². The normalized spacial score (nSPS) is 12.3. The van der Waals surface area contributed by atoms with Crippen molar-refractivity contribution in [2.75, 3.05) is 0 Å². The highest BCUT2D eigenvalue weighted by atomic mass is 16.1. The van der Waals surface area contributed by atoms with E-state index in [2.05, 4.69) is 25.6 Å². The van der Waals surface area contributed by atoms with Gasteiger partial charge in [-0.25, -0.2) is 9.67 Å². The maximum Gasteiger partial charge on any atom is 0.255 e. The molecule has 0 saturated carbocycles. The van der Waals surface area contributed by atoms with Crippen LogP contribution in [0.2, 0.25) is 0 Å². The van der Waals surface area contributed by atoms with Gasteiger partial charge in [-0.05, 0) is 13.3 Å². The van der Waals surface area contributed by atoms with E-state index in [1.807, 2.05) is 13.8 Å². The fourth-order valence-corrected chi connectivity index (χ4v) is 1.75. The first-order valence-corrected chi connectivity index (χ1v) is 5.93. The van der Waals surface area contributed by atoms with E-state index in [4.69, 9.17) is 0 Å². The highest BCUT2D eigenvalue weighted by Gasteiger charge is 2.19. The number of aryl methyl sites for hydroxylation is 1. The van der Waals surface area contributed by atoms with Crippen LogP contribution in [-0.2, 0) is 6.54 Å². The first kappa shape index (κ1) is 12.3. The standard InChI is InChI=1S/C11H16N6O/c1-3-9(10-12-7-15-17(10)4-2)16-11(18)8-5-13-14-6-8/h5-7,9H,3-4H2,1-2H3,(H,13,14)(H,16,18). The Morgan fingerprint density at radius 1 is 1.56 bits per heavy atom. The van der Waals surface area contributed by atoms with Gasteiger partial charge in [0.15, 0.2) is 0 Å². The van der Waals surface area contributed by atoms with Gasteiger partial charge in [0.25, 0.3) is 5.91 Å². The fraction of sp³-hybridized carbons (Fsp3) is 0.455. The molecule has 0 saturated heterocycles. The number of carbonyl (C=O) groups excluding carboxylic acids is 1. The van der Waals surface area contributed by atoms with Crippen molar-refractivity contribution >= 4 is 5.91 Å². The molecule has 0 fully saturated rings. The molecule has 2 N–H and O–H groups in total. The lowest BCUT2D eigenvalue weighted by Gasteiger charge is -2.16. The number of rotatable bonds is 5. The smallest absolute Gasteiger partial charge is 0.255 e. The lowest BCUT2D eigenvalue weighted by atomic mass is 10.2. The predicted octanol–water partition coefficient (Wildman–Crippen LogP) is 0.902. The third-order valence-corrected chi connectivity index (χ3v) is 2.73. The molecule has 0 aromatic carbocycles. The van der Waals surface area contributed by atoms with Gasteiger partial charge in [0.2, 0.25) is 0 Å². The minimum absolute atomic E-state index is 0.144. The monoisotopic (exact) mass is 248 g/mol. The summed E-state index contributed by atoms with van der Waals surface area (Å²) in [5.41, 5.74) is 0.510. The number of H-pyrrole nitrogens is 1. The highest BCUT2D eigenvalue weighted by Crippen LogP contribution is 2.14. The number of aromatic amines is 1. The number of carbonyl (C=O) groups is 1. The summed E-state index contributed by atoms with van der Waals surface area (Å²) < 4.78 is 1.78. The third-order valence-electron chi connectivity index (χ3n) is 2.73. The van der Waals surface area contributed by atoms with Crippen LogP contribution in [0.15, 0.2) is 18.7 Å². The van der Waals surface area contributed by atoms with E-state index in [0.717, 1.165) is 18.8 Å². The molecule has 0 bridgehead atoms. The molecular weight excluding hydrogens is 232 g/mol. The molecule has 1 amide bonds.